The Kier molecular flexibility index (Phi) is 8.03. The van der Waals surface area contributed by atoms with Crippen molar-refractivity contribution in [3.63, 3.8) is 0 Å². The summed E-state index contributed by atoms with van der Waals surface area (Å²) in [6.07, 6.45) is 2.44. The highest BCUT2D eigenvalue weighted by Gasteiger charge is 2.22. The first-order chi connectivity index (χ1) is 18.8. The third-order valence-corrected chi connectivity index (χ3v) is 6.86. The van der Waals surface area contributed by atoms with Gasteiger partial charge in [-0.3, -0.25) is 0 Å². The Morgan fingerprint density at radius 2 is 0.947 bits per heavy atom. The third kappa shape index (κ3) is 7.23. The van der Waals surface area contributed by atoms with Crippen molar-refractivity contribution in [1.29, 1.82) is 0 Å². The van der Waals surface area contributed by atoms with Crippen molar-refractivity contribution in [3.05, 3.63) is 83.9 Å². The molecule has 2 unspecified atom stereocenters. The van der Waals surface area contributed by atoms with Crippen molar-refractivity contribution in [2.75, 3.05) is 52.9 Å². The molecule has 2 atom stereocenters. The van der Waals surface area contributed by atoms with Gasteiger partial charge in [0.25, 0.3) is 0 Å². The van der Waals surface area contributed by atoms with Crippen molar-refractivity contribution < 1.29 is 28.4 Å². The van der Waals surface area contributed by atoms with Crippen LogP contribution >= 0.6 is 0 Å². The van der Waals surface area contributed by atoms with Gasteiger partial charge in [0.2, 0.25) is 0 Å². The molecule has 6 nitrogen and oxygen atoms in total. The Hall–Kier alpha value is -3.16. The zero-order chi connectivity index (χ0) is 25.6. The molecule has 6 heteroatoms. The fourth-order valence-electron chi connectivity index (χ4n) is 4.49. The Balaban J connectivity index is 0.945. The van der Waals surface area contributed by atoms with Crippen LogP contribution in [0.5, 0.6) is 11.5 Å². The molecule has 0 spiro atoms. The molecule has 0 N–H and O–H groups in total. The standard InChI is InChI=1S/C32H34O6/c1-3-27-17-29(7-5-25(27)15-23(1)9-11-33-19-31-21-37-31)35-13-14-36-30-8-6-26-16-24(2-4-28(26)18-30)10-12-34-20-32-22-38-32/h1-8,15-18,31-32H,9-14,19-22H2. The topological polar surface area (TPSA) is 62.0 Å². The maximum Gasteiger partial charge on any atom is 0.122 e. The van der Waals surface area contributed by atoms with Gasteiger partial charge in [-0.1, -0.05) is 48.5 Å². The van der Waals surface area contributed by atoms with Crippen molar-refractivity contribution in [2.45, 2.75) is 25.0 Å². The number of benzene rings is 4. The second kappa shape index (κ2) is 12.1. The van der Waals surface area contributed by atoms with E-state index in [1.807, 2.05) is 12.1 Å². The van der Waals surface area contributed by atoms with E-state index >= 15 is 0 Å². The SMILES string of the molecule is c1cc2cc(OCCOc3ccc4cc(CCOCC5CO5)ccc4c3)ccc2cc1CCOCC1CO1. The molecule has 198 valence electrons. The number of ether oxygens (including phenoxy) is 6. The first kappa shape index (κ1) is 25.1. The van der Waals surface area contributed by atoms with Crippen LogP contribution in [0, 0.1) is 0 Å². The molecule has 2 aliphatic heterocycles. The fourth-order valence-corrected chi connectivity index (χ4v) is 4.49. The second-order valence-corrected chi connectivity index (χ2v) is 9.94. The van der Waals surface area contributed by atoms with Crippen LogP contribution in [0.3, 0.4) is 0 Å². The van der Waals surface area contributed by atoms with Crippen LogP contribution in [0.4, 0.5) is 0 Å². The van der Waals surface area contributed by atoms with Crippen LogP contribution in [-0.2, 0) is 31.8 Å². The van der Waals surface area contributed by atoms with Gasteiger partial charge in [-0.2, -0.15) is 0 Å². The van der Waals surface area contributed by atoms with E-state index in [4.69, 9.17) is 28.4 Å². The van der Waals surface area contributed by atoms with Crippen molar-refractivity contribution >= 4 is 21.5 Å². The van der Waals surface area contributed by atoms with Crippen LogP contribution in [0.2, 0.25) is 0 Å². The molecule has 0 radical (unpaired) electrons. The molecule has 0 saturated carbocycles. The molecule has 2 heterocycles. The Morgan fingerprint density at radius 1 is 0.526 bits per heavy atom. The number of hydrogen-bond donors (Lipinski definition) is 0. The monoisotopic (exact) mass is 514 g/mol. The number of rotatable bonds is 15. The summed E-state index contributed by atoms with van der Waals surface area (Å²) < 4.78 is 33.6. The molecular weight excluding hydrogens is 480 g/mol. The van der Waals surface area contributed by atoms with Crippen LogP contribution in [0.1, 0.15) is 11.1 Å². The molecule has 4 aromatic carbocycles. The molecular formula is C32H34O6. The summed E-state index contributed by atoms with van der Waals surface area (Å²) in [6, 6.07) is 25.5. The van der Waals surface area contributed by atoms with Gasteiger partial charge in [0.1, 0.15) is 36.9 Å². The maximum absolute atomic E-state index is 5.97. The van der Waals surface area contributed by atoms with Crippen LogP contribution in [0.25, 0.3) is 21.5 Å². The van der Waals surface area contributed by atoms with Crippen molar-refractivity contribution in [2.24, 2.45) is 0 Å². The predicted octanol–water partition coefficient (Wildman–Crippen LogP) is 5.37. The van der Waals surface area contributed by atoms with Crippen molar-refractivity contribution in [1.82, 2.24) is 0 Å². The first-order valence-electron chi connectivity index (χ1n) is 13.5. The second-order valence-electron chi connectivity index (χ2n) is 9.94. The fraction of sp³-hybridized carbons (Fsp3) is 0.375. The van der Waals surface area contributed by atoms with Gasteiger partial charge >= 0.3 is 0 Å². The Morgan fingerprint density at radius 3 is 1.39 bits per heavy atom. The predicted molar refractivity (Wildman–Crippen MR) is 147 cm³/mol. The molecule has 0 aromatic heterocycles. The Bertz CT molecular complexity index is 1260. The van der Waals surface area contributed by atoms with Crippen molar-refractivity contribution in [3.8, 4) is 11.5 Å². The van der Waals surface area contributed by atoms with Crippen LogP contribution < -0.4 is 9.47 Å². The zero-order valence-corrected chi connectivity index (χ0v) is 21.6. The molecule has 4 aromatic rings. The summed E-state index contributed by atoms with van der Waals surface area (Å²) in [5.41, 5.74) is 2.55. The summed E-state index contributed by atoms with van der Waals surface area (Å²) in [4.78, 5) is 0. The van der Waals surface area contributed by atoms with E-state index in [-0.39, 0.29) is 0 Å². The van der Waals surface area contributed by atoms with Crippen LogP contribution in [0.15, 0.2) is 72.8 Å². The minimum Gasteiger partial charge on any atom is -0.490 e. The average molecular weight is 515 g/mol. The van der Waals surface area contributed by atoms with Gasteiger partial charge in [-0.05, 0) is 69.8 Å². The average Bonchev–Trinajstić information content (AvgIpc) is 3.88. The molecule has 0 amide bonds. The zero-order valence-electron chi connectivity index (χ0n) is 21.6. The lowest BCUT2D eigenvalue weighted by Crippen LogP contribution is -2.09. The first-order valence-corrected chi connectivity index (χ1v) is 13.5. The summed E-state index contributed by atoms with van der Waals surface area (Å²) in [7, 11) is 0. The van der Waals surface area contributed by atoms with E-state index in [2.05, 4.69) is 60.7 Å². The van der Waals surface area contributed by atoms with Gasteiger partial charge in [-0.25, -0.2) is 0 Å². The highest BCUT2D eigenvalue weighted by atomic mass is 16.6. The quantitative estimate of drug-likeness (QED) is 0.157. The van der Waals surface area contributed by atoms with E-state index in [9.17, 15) is 0 Å². The lowest BCUT2D eigenvalue weighted by molar-refractivity contribution is 0.119. The van der Waals surface area contributed by atoms with E-state index in [1.54, 1.807) is 0 Å². The molecule has 0 bridgehead atoms. The third-order valence-electron chi connectivity index (χ3n) is 6.86. The molecule has 6 rings (SSSR count). The molecule has 0 aliphatic carbocycles. The summed E-state index contributed by atoms with van der Waals surface area (Å²) in [5, 5.41) is 4.74. The lowest BCUT2D eigenvalue weighted by atomic mass is 10.1. The van der Waals surface area contributed by atoms with E-state index in [0.29, 0.717) is 38.6 Å². The lowest BCUT2D eigenvalue weighted by Gasteiger charge is -2.11. The van der Waals surface area contributed by atoms with Crippen LogP contribution in [-0.4, -0.2) is 65.1 Å². The van der Waals surface area contributed by atoms with Gasteiger partial charge in [0.15, 0.2) is 0 Å². The summed E-state index contributed by atoms with van der Waals surface area (Å²) in [6.45, 7) is 5.48. The highest BCUT2D eigenvalue weighted by Crippen LogP contribution is 2.24. The van der Waals surface area contributed by atoms with Gasteiger partial charge < -0.3 is 28.4 Å². The van der Waals surface area contributed by atoms with E-state index in [1.165, 1.54) is 21.9 Å². The number of hydrogen-bond acceptors (Lipinski definition) is 6. The summed E-state index contributed by atoms with van der Waals surface area (Å²) >= 11 is 0. The molecule has 2 aliphatic rings. The molecule has 2 fully saturated rings. The molecule has 38 heavy (non-hydrogen) atoms. The van der Waals surface area contributed by atoms with Gasteiger partial charge in [0.05, 0.1) is 39.6 Å². The number of epoxide rings is 2. The largest absolute Gasteiger partial charge is 0.490 e. The van der Waals surface area contributed by atoms with E-state index < -0.39 is 0 Å². The summed E-state index contributed by atoms with van der Waals surface area (Å²) in [5.74, 6) is 1.70. The smallest absolute Gasteiger partial charge is 0.122 e. The highest BCUT2D eigenvalue weighted by molar-refractivity contribution is 5.85. The normalized spacial score (nSPS) is 18.1. The number of fused-ring (bicyclic) bond motifs is 2. The van der Waals surface area contributed by atoms with E-state index in [0.717, 1.165) is 61.5 Å². The maximum atomic E-state index is 5.97. The van der Waals surface area contributed by atoms with Gasteiger partial charge in [-0.15, -0.1) is 0 Å². The minimum atomic E-state index is 0.320. The van der Waals surface area contributed by atoms with Gasteiger partial charge in [0, 0.05) is 0 Å². The Labute approximate surface area is 223 Å². The molecule has 2 saturated heterocycles. The minimum absolute atomic E-state index is 0.320.